The first-order valence-corrected chi connectivity index (χ1v) is 12.4. The number of pyridine rings is 1. The molecule has 1 fully saturated rings. The standard InChI is InChI=1S/C22H29N5O3S/c1-14(2)27-21-18-9-16(17-11-25-26-12-17)3-4-20(18)23-13-19(21)22(28)24-10-15-5-7-31(29,30)8-6-15/h3-4,9,11-15,29-30H,5-8,10H2,1-2H3,(H,23,27)(H,24,28)(H,25,26). The van der Waals surface area contributed by atoms with E-state index in [1.54, 1.807) is 12.4 Å². The molecule has 4 rings (SSSR count). The third kappa shape index (κ3) is 5.00. The van der Waals surface area contributed by atoms with Gasteiger partial charge in [0.25, 0.3) is 5.91 Å². The molecule has 31 heavy (non-hydrogen) atoms. The molecule has 0 unspecified atom stereocenters. The Morgan fingerprint density at radius 3 is 2.68 bits per heavy atom. The Labute approximate surface area is 183 Å². The van der Waals surface area contributed by atoms with Gasteiger partial charge in [-0.05, 0) is 50.3 Å². The number of hydrogen-bond acceptors (Lipinski definition) is 6. The highest BCUT2D eigenvalue weighted by Gasteiger charge is 2.25. The summed E-state index contributed by atoms with van der Waals surface area (Å²) in [5, 5.41) is 14.2. The normalized spacial score (nSPS) is 17.6. The van der Waals surface area contributed by atoms with Crippen LogP contribution in [0.2, 0.25) is 0 Å². The number of amides is 1. The van der Waals surface area contributed by atoms with Crippen molar-refractivity contribution < 1.29 is 13.9 Å². The van der Waals surface area contributed by atoms with E-state index >= 15 is 0 Å². The van der Waals surface area contributed by atoms with Crippen LogP contribution in [0.5, 0.6) is 0 Å². The zero-order valence-corrected chi connectivity index (χ0v) is 18.6. The van der Waals surface area contributed by atoms with E-state index in [4.69, 9.17) is 0 Å². The molecule has 0 spiro atoms. The first-order chi connectivity index (χ1) is 14.8. The number of carbonyl (C=O) groups excluding carboxylic acids is 1. The van der Waals surface area contributed by atoms with E-state index in [9.17, 15) is 13.9 Å². The van der Waals surface area contributed by atoms with E-state index in [-0.39, 0.29) is 17.9 Å². The fourth-order valence-corrected chi connectivity index (χ4v) is 5.52. The Morgan fingerprint density at radius 1 is 1.23 bits per heavy atom. The average Bonchev–Trinajstić information content (AvgIpc) is 3.27. The number of nitrogens with one attached hydrogen (secondary N) is 3. The summed E-state index contributed by atoms with van der Waals surface area (Å²) in [6.45, 7) is 4.59. The molecule has 3 aromatic rings. The minimum atomic E-state index is -2.41. The number of rotatable bonds is 6. The van der Waals surface area contributed by atoms with Gasteiger partial charge >= 0.3 is 0 Å². The highest BCUT2D eigenvalue weighted by Crippen LogP contribution is 2.45. The van der Waals surface area contributed by atoms with Crippen LogP contribution in [-0.2, 0) is 0 Å². The van der Waals surface area contributed by atoms with E-state index in [1.165, 1.54) is 0 Å². The number of nitrogens with zero attached hydrogens (tertiary/aromatic N) is 2. The summed E-state index contributed by atoms with van der Waals surface area (Å²) >= 11 is 0. The molecule has 1 aromatic carbocycles. The number of hydrogen-bond donors (Lipinski definition) is 5. The number of anilines is 1. The van der Waals surface area contributed by atoms with Crippen LogP contribution in [0.15, 0.2) is 36.8 Å². The van der Waals surface area contributed by atoms with Gasteiger partial charge in [-0.2, -0.15) is 15.7 Å². The Bertz CT molecular complexity index is 1060. The van der Waals surface area contributed by atoms with Gasteiger partial charge in [-0.25, -0.2) is 0 Å². The lowest BCUT2D eigenvalue weighted by Gasteiger charge is -2.39. The van der Waals surface area contributed by atoms with Gasteiger partial charge in [-0.15, -0.1) is 0 Å². The van der Waals surface area contributed by atoms with Gasteiger partial charge in [-0.1, -0.05) is 6.07 Å². The molecule has 0 aliphatic carbocycles. The van der Waals surface area contributed by atoms with E-state index in [0.717, 1.165) is 27.7 Å². The molecular weight excluding hydrogens is 414 g/mol. The highest BCUT2D eigenvalue weighted by atomic mass is 32.3. The smallest absolute Gasteiger partial charge is 0.254 e. The van der Waals surface area contributed by atoms with Crippen molar-refractivity contribution in [2.75, 3.05) is 23.4 Å². The molecule has 8 nitrogen and oxygen atoms in total. The maximum atomic E-state index is 13.1. The summed E-state index contributed by atoms with van der Waals surface area (Å²) in [6, 6.07) is 6.11. The van der Waals surface area contributed by atoms with Crippen LogP contribution < -0.4 is 10.6 Å². The third-order valence-electron chi connectivity index (χ3n) is 5.63. The first-order valence-electron chi connectivity index (χ1n) is 10.5. The monoisotopic (exact) mass is 443 g/mol. The Balaban J connectivity index is 1.60. The van der Waals surface area contributed by atoms with E-state index < -0.39 is 10.6 Å². The zero-order chi connectivity index (χ0) is 22.0. The second kappa shape index (κ2) is 8.86. The summed E-state index contributed by atoms with van der Waals surface area (Å²) in [4.78, 5) is 17.6. The Kier molecular flexibility index (Phi) is 6.17. The topological polar surface area (TPSA) is 123 Å². The van der Waals surface area contributed by atoms with Crippen molar-refractivity contribution in [3.63, 3.8) is 0 Å². The van der Waals surface area contributed by atoms with Crippen molar-refractivity contribution in [2.45, 2.75) is 32.7 Å². The SMILES string of the molecule is CC(C)Nc1c(C(=O)NCC2CCS(O)(O)CC2)cnc2ccc(-c3cn[nH]c3)cc12. The number of benzene rings is 1. The fourth-order valence-electron chi connectivity index (χ4n) is 3.89. The van der Waals surface area contributed by atoms with Crippen LogP contribution in [0, 0.1) is 5.92 Å². The minimum absolute atomic E-state index is 0.137. The molecule has 5 N–H and O–H groups in total. The summed E-state index contributed by atoms with van der Waals surface area (Å²) in [5.41, 5.74) is 4.04. The molecule has 166 valence electrons. The predicted molar refractivity (Wildman–Crippen MR) is 126 cm³/mol. The van der Waals surface area contributed by atoms with Gasteiger partial charge in [0, 0.05) is 47.4 Å². The van der Waals surface area contributed by atoms with Crippen molar-refractivity contribution >= 4 is 33.1 Å². The van der Waals surface area contributed by atoms with Crippen LogP contribution in [-0.4, -0.2) is 54.3 Å². The van der Waals surface area contributed by atoms with Gasteiger partial charge in [0.15, 0.2) is 0 Å². The second-order valence-electron chi connectivity index (χ2n) is 8.43. The van der Waals surface area contributed by atoms with Crippen LogP contribution in [0.1, 0.15) is 37.0 Å². The van der Waals surface area contributed by atoms with Gasteiger partial charge < -0.3 is 10.6 Å². The van der Waals surface area contributed by atoms with Crippen LogP contribution in [0.25, 0.3) is 22.0 Å². The molecule has 1 aliphatic rings. The molecule has 1 amide bonds. The van der Waals surface area contributed by atoms with Gasteiger partial charge in [-0.3, -0.25) is 24.0 Å². The Hall–Kier alpha value is -2.62. The van der Waals surface area contributed by atoms with Crippen LogP contribution >= 0.6 is 10.6 Å². The van der Waals surface area contributed by atoms with Gasteiger partial charge in [0.1, 0.15) is 0 Å². The molecule has 1 saturated heterocycles. The number of carbonyl (C=O) groups is 1. The molecule has 0 atom stereocenters. The number of aromatic amines is 1. The summed E-state index contributed by atoms with van der Waals surface area (Å²) < 4.78 is 19.6. The predicted octanol–water partition coefficient (Wildman–Crippen LogP) is 4.34. The fraction of sp³-hybridized carbons (Fsp3) is 0.409. The van der Waals surface area contributed by atoms with E-state index in [0.29, 0.717) is 36.5 Å². The largest absolute Gasteiger partial charge is 0.382 e. The molecule has 0 saturated carbocycles. The summed E-state index contributed by atoms with van der Waals surface area (Å²) in [5.74, 6) is 0.916. The first kappa shape index (κ1) is 21.6. The molecule has 9 heteroatoms. The maximum absolute atomic E-state index is 13.1. The third-order valence-corrected chi connectivity index (χ3v) is 7.41. The van der Waals surface area contributed by atoms with Crippen molar-refractivity contribution in [1.82, 2.24) is 20.5 Å². The summed E-state index contributed by atoms with van der Waals surface area (Å²) in [6.07, 6.45) is 6.64. The van der Waals surface area contributed by atoms with Crippen molar-refractivity contribution in [3.05, 3.63) is 42.4 Å². The summed E-state index contributed by atoms with van der Waals surface area (Å²) in [7, 11) is -2.41. The van der Waals surface area contributed by atoms with Crippen molar-refractivity contribution in [1.29, 1.82) is 0 Å². The molecule has 3 heterocycles. The van der Waals surface area contributed by atoms with Gasteiger partial charge in [0.05, 0.1) is 23.0 Å². The lowest BCUT2D eigenvalue weighted by molar-refractivity contribution is 0.0947. The van der Waals surface area contributed by atoms with Crippen LogP contribution in [0.4, 0.5) is 5.69 Å². The molecule has 2 aromatic heterocycles. The zero-order valence-electron chi connectivity index (χ0n) is 17.8. The minimum Gasteiger partial charge on any atom is -0.382 e. The molecule has 0 radical (unpaired) electrons. The maximum Gasteiger partial charge on any atom is 0.254 e. The van der Waals surface area contributed by atoms with Gasteiger partial charge in [0.2, 0.25) is 0 Å². The quantitative estimate of drug-likeness (QED) is 0.386. The van der Waals surface area contributed by atoms with E-state index in [1.807, 2.05) is 38.2 Å². The van der Waals surface area contributed by atoms with Crippen LogP contribution in [0.3, 0.4) is 0 Å². The number of H-pyrrole nitrogens is 1. The molecule has 1 aliphatic heterocycles. The Morgan fingerprint density at radius 2 is 2.00 bits per heavy atom. The van der Waals surface area contributed by atoms with Crippen molar-refractivity contribution in [2.24, 2.45) is 5.92 Å². The molecule has 0 bridgehead atoms. The molecular formula is C22H29N5O3S. The lowest BCUT2D eigenvalue weighted by Crippen LogP contribution is -2.33. The second-order valence-corrected chi connectivity index (χ2v) is 10.8. The van der Waals surface area contributed by atoms with E-state index in [2.05, 4.69) is 25.8 Å². The average molecular weight is 444 g/mol. The lowest BCUT2D eigenvalue weighted by atomic mass is 10.0. The number of fused-ring (bicyclic) bond motifs is 1. The number of aromatic nitrogens is 3. The van der Waals surface area contributed by atoms with Crippen molar-refractivity contribution in [3.8, 4) is 11.1 Å². The highest BCUT2D eigenvalue weighted by molar-refractivity contribution is 8.24.